The van der Waals surface area contributed by atoms with E-state index in [2.05, 4.69) is 4.90 Å². The number of carbonyl (C=O) groups is 1. The summed E-state index contributed by atoms with van der Waals surface area (Å²) in [6.07, 6.45) is -0.960. The van der Waals surface area contributed by atoms with Crippen LogP contribution in [0.15, 0.2) is 36.0 Å². The number of ether oxygens (including phenoxy) is 1. The predicted molar refractivity (Wildman–Crippen MR) is 66.8 cm³/mol. The number of ketones is 1. The van der Waals surface area contributed by atoms with Crippen LogP contribution >= 0.6 is 0 Å². The molecule has 1 fully saturated rings. The second-order valence-corrected chi connectivity index (χ2v) is 4.49. The molecule has 3 rings (SSSR count). The van der Waals surface area contributed by atoms with Crippen molar-refractivity contribution < 1.29 is 14.6 Å². The van der Waals surface area contributed by atoms with Gasteiger partial charge in [0, 0.05) is 13.1 Å². The number of aliphatic hydroxyl groups excluding tert-OH is 1. The van der Waals surface area contributed by atoms with Gasteiger partial charge in [-0.3, -0.25) is 4.79 Å². The minimum Gasteiger partial charge on any atom is -0.379 e. The Balaban J connectivity index is 1.98. The molecular formula is C14H15NO3. The monoisotopic (exact) mass is 245 g/mol. The molecule has 0 spiro atoms. The fourth-order valence-electron chi connectivity index (χ4n) is 2.48. The van der Waals surface area contributed by atoms with Gasteiger partial charge in [0.25, 0.3) is 0 Å². The molecule has 1 heterocycles. The Kier molecular flexibility index (Phi) is 2.89. The molecule has 0 amide bonds. The molecule has 1 aliphatic heterocycles. The molecule has 0 saturated carbocycles. The number of morpholine rings is 1. The van der Waals surface area contributed by atoms with Crippen LogP contribution in [0.25, 0.3) is 5.57 Å². The van der Waals surface area contributed by atoms with Crippen LogP contribution in [-0.4, -0.2) is 48.2 Å². The van der Waals surface area contributed by atoms with Crippen LogP contribution in [-0.2, 0) is 9.53 Å². The number of hydrogen-bond acceptors (Lipinski definition) is 4. The Morgan fingerprint density at radius 3 is 2.50 bits per heavy atom. The highest BCUT2D eigenvalue weighted by Crippen LogP contribution is 2.35. The largest absolute Gasteiger partial charge is 0.379 e. The van der Waals surface area contributed by atoms with Gasteiger partial charge in [-0.2, -0.15) is 0 Å². The van der Waals surface area contributed by atoms with Crippen molar-refractivity contribution in [1.82, 2.24) is 4.90 Å². The molecule has 4 nitrogen and oxygen atoms in total. The van der Waals surface area contributed by atoms with Gasteiger partial charge in [0.1, 0.15) is 0 Å². The predicted octanol–water partition coefficient (Wildman–Crippen LogP) is 0.673. The number of nitrogens with zero attached hydrogens (tertiary/aromatic N) is 1. The Hall–Kier alpha value is -1.65. The van der Waals surface area contributed by atoms with Gasteiger partial charge in [0.2, 0.25) is 0 Å². The highest BCUT2D eigenvalue weighted by Gasteiger charge is 2.41. The first-order chi connectivity index (χ1) is 8.79. The number of benzene rings is 1. The Bertz CT molecular complexity index is 489. The van der Waals surface area contributed by atoms with Gasteiger partial charge < -0.3 is 14.7 Å². The van der Waals surface area contributed by atoms with Crippen LogP contribution < -0.4 is 0 Å². The summed E-state index contributed by atoms with van der Waals surface area (Å²) in [7, 11) is 0. The lowest BCUT2D eigenvalue weighted by Crippen LogP contribution is -2.48. The molecule has 1 saturated heterocycles. The van der Waals surface area contributed by atoms with E-state index < -0.39 is 6.10 Å². The number of hydrogen-bond donors (Lipinski definition) is 1. The molecule has 0 bridgehead atoms. The molecule has 94 valence electrons. The summed E-state index contributed by atoms with van der Waals surface area (Å²) in [5.74, 6) is -0.178. The van der Waals surface area contributed by atoms with Gasteiger partial charge in [0.15, 0.2) is 11.9 Å². The quantitative estimate of drug-likeness (QED) is 0.832. The maximum absolute atomic E-state index is 11.8. The topological polar surface area (TPSA) is 49.8 Å². The van der Waals surface area contributed by atoms with Crippen molar-refractivity contribution in [2.75, 3.05) is 26.3 Å². The highest BCUT2D eigenvalue weighted by atomic mass is 16.5. The third-order valence-electron chi connectivity index (χ3n) is 3.42. The second-order valence-electron chi connectivity index (χ2n) is 4.49. The Labute approximate surface area is 105 Å². The number of aliphatic hydroxyl groups is 1. The van der Waals surface area contributed by atoms with Crippen LogP contribution in [0, 0.1) is 0 Å². The van der Waals surface area contributed by atoms with E-state index in [9.17, 15) is 9.90 Å². The SMILES string of the molecule is O=C1C(c2ccccc2)=C(N2CCOCC2)C1O. The van der Waals surface area contributed by atoms with Crippen LogP contribution in [0.1, 0.15) is 5.56 Å². The van der Waals surface area contributed by atoms with Crippen molar-refractivity contribution >= 4 is 11.4 Å². The summed E-state index contributed by atoms with van der Waals surface area (Å²) < 4.78 is 5.29. The summed E-state index contributed by atoms with van der Waals surface area (Å²) in [5.41, 5.74) is 2.30. The molecule has 1 aromatic carbocycles. The zero-order chi connectivity index (χ0) is 12.5. The normalized spacial score (nSPS) is 24.2. The lowest BCUT2D eigenvalue weighted by molar-refractivity contribution is -0.123. The van der Waals surface area contributed by atoms with Crippen molar-refractivity contribution in [3.63, 3.8) is 0 Å². The van der Waals surface area contributed by atoms with Crippen LogP contribution in [0.2, 0.25) is 0 Å². The Morgan fingerprint density at radius 2 is 1.83 bits per heavy atom. The van der Waals surface area contributed by atoms with Crippen molar-refractivity contribution in [2.45, 2.75) is 6.10 Å². The minimum atomic E-state index is -0.960. The van der Waals surface area contributed by atoms with E-state index in [4.69, 9.17) is 4.74 Å². The number of Topliss-reactive ketones (excluding diaryl/α,β-unsaturated/α-hetero) is 1. The number of rotatable bonds is 2. The van der Waals surface area contributed by atoms with E-state index in [-0.39, 0.29) is 5.78 Å². The van der Waals surface area contributed by atoms with Crippen LogP contribution in [0.4, 0.5) is 0 Å². The van der Waals surface area contributed by atoms with Crippen molar-refractivity contribution in [1.29, 1.82) is 0 Å². The molecule has 1 unspecified atom stereocenters. The first-order valence-corrected chi connectivity index (χ1v) is 6.13. The molecule has 1 aromatic rings. The molecule has 18 heavy (non-hydrogen) atoms. The lowest BCUT2D eigenvalue weighted by Gasteiger charge is -2.39. The summed E-state index contributed by atoms with van der Waals surface area (Å²) in [6, 6.07) is 9.52. The lowest BCUT2D eigenvalue weighted by atomic mass is 9.83. The van der Waals surface area contributed by atoms with Gasteiger partial charge in [-0.05, 0) is 5.56 Å². The summed E-state index contributed by atoms with van der Waals surface area (Å²) in [6.45, 7) is 2.75. The Morgan fingerprint density at radius 1 is 1.17 bits per heavy atom. The van der Waals surface area contributed by atoms with E-state index in [0.29, 0.717) is 18.8 Å². The summed E-state index contributed by atoms with van der Waals surface area (Å²) in [4.78, 5) is 13.9. The van der Waals surface area contributed by atoms with Gasteiger partial charge >= 0.3 is 0 Å². The molecule has 0 radical (unpaired) electrons. The zero-order valence-electron chi connectivity index (χ0n) is 10.0. The standard InChI is InChI=1S/C14H15NO3/c16-13-11(10-4-2-1-3-5-10)12(14(13)17)15-6-8-18-9-7-15/h1-5,14,17H,6-9H2. The third-order valence-corrected chi connectivity index (χ3v) is 3.42. The van der Waals surface area contributed by atoms with E-state index in [0.717, 1.165) is 24.4 Å². The molecule has 4 heteroatoms. The number of carbonyl (C=O) groups excluding carboxylic acids is 1. The van der Waals surface area contributed by atoms with Crippen molar-refractivity contribution in [3.8, 4) is 0 Å². The molecule has 1 N–H and O–H groups in total. The molecule has 2 aliphatic rings. The fourth-order valence-corrected chi connectivity index (χ4v) is 2.48. The van der Waals surface area contributed by atoms with E-state index in [1.807, 2.05) is 30.3 Å². The minimum absolute atomic E-state index is 0.178. The average Bonchev–Trinajstić information content (AvgIpc) is 2.45. The molecule has 1 atom stereocenters. The third kappa shape index (κ3) is 1.74. The first kappa shape index (κ1) is 11.4. The molecular weight excluding hydrogens is 230 g/mol. The molecule has 1 aliphatic carbocycles. The van der Waals surface area contributed by atoms with E-state index in [1.165, 1.54) is 0 Å². The van der Waals surface area contributed by atoms with Gasteiger partial charge in [-0.15, -0.1) is 0 Å². The maximum Gasteiger partial charge on any atom is 0.199 e. The fraction of sp³-hybridized carbons (Fsp3) is 0.357. The second kappa shape index (κ2) is 4.55. The van der Waals surface area contributed by atoms with Crippen LogP contribution in [0.3, 0.4) is 0 Å². The average molecular weight is 245 g/mol. The van der Waals surface area contributed by atoms with Crippen LogP contribution in [0.5, 0.6) is 0 Å². The van der Waals surface area contributed by atoms with Crippen molar-refractivity contribution in [3.05, 3.63) is 41.6 Å². The van der Waals surface area contributed by atoms with E-state index in [1.54, 1.807) is 0 Å². The highest BCUT2D eigenvalue weighted by molar-refractivity contribution is 6.31. The van der Waals surface area contributed by atoms with Gasteiger partial charge in [-0.1, -0.05) is 30.3 Å². The van der Waals surface area contributed by atoms with Gasteiger partial charge in [-0.25, -0.2) is 0 Å². The molecule has 0 aromatic heterocycles. The van der Waals surface area contributed by atoms with Gasteiger partial charge in [0.05, 0.1) is 24.5 Å². The first-order valence-electron chi connectivity index (χ1n) is 6.13. The van der Waals surface area contributed by atoms with Crippen molar-refractivity contribution in [2.24, 2.45) is 0 Å². The van der Waals surface area contributed by atoms with E-state index >= 15 is 0 Å². The zero-order valence-corrected chi connectivity index (χ0v) is 10.0. The summed E-state index contributed by atoms with van der Waals surface area (Å²) in [5, 5.41) is 9.87. The summed E-state index contributed by atoms with van der Waals surface area (Å²) >= 11 is 0. The smallest absolute Gasteiger partial charge is 0.199 e. The maximum atomic E-state index is 11.8.